The molecule has 0 bridgehead atoms. The van der Waals surface area contributed by atoms with Crippen LogP contribution in [0.3, 0.4) is 0 Å². The highest BCUT2D eigenvalue weighted by Crippen LogP contribution is 2.46. The molecule has 4 rings (SSSR count). The maximum Gasteiger partial charge on any atom is 0.233 e. The molecule has 0 N–H and O–H groups in total. The van der Waals surface area contributed by atoms with Gasteiger partial charge in [0.25, 0.3) is 0 Å². The van der Waals surface area contributed by atoms with E-state index in [4.69, 9.17) is 9.47 Å². The van der Waals surface area contributed by atoms with Gasteiger partial charge in [-0.1, -0.05) is 18.6 Å². The van der Waals surface area contributed by atoms with E-state index in [9.17, 15) is 9.18 Å². The normalized spacial score (nSPS) is 17.7. The molecule has 1 aliphatic carbocycles. The van der Waals surface area contributed by atoms with Gasteiger partial charge in [0.2, 0.25) is 5.91 Å². The van der Waals surface area contributed by atoms with Crippen LogP contribution in [0.4, 0.5) is 4.39 Å². The summed E-state index contributed by atoms with van der Waals surface area (Å²) in [5.41, 5.74) is 2.50. The minimum Gasteiger partial charge on any atom is -0.493 e. The first-order valence-corrected chi connectivity index (χ1v) is 9.36. The van der Waals surface area contributed by atoms with Gasteiger partial charge in [-0.15, -0.1) is 0 Å². The first-order valence-electron chi connectivity index (χ1n) is 9.36. The van der Waals surface area contributed by atoms with E-state index in [1.165, 1.54) is 17.7 Å². The third-order valence-corrected chi connectivity index (χ3v) is 6.00. The quantitative estimate of drug-likeness (QED) is 0.822. The third kappa shape index (κ3) is 2.95. The molecular weight excluding hydrogens is 345 g/mol. The Kier molecular flexibility index (Phi) is 4.54. The fraction of sp³-hybridized carbons (Fsp3) is 0.409. The van der Waals surface area contributed by atoms with Crippen LogP contribution in [0, 0.1) is 5.82 Å². The fourth-order valence-corrected chi connectivity index (χ4v) is 4.30. The van der Waals surface area contributed by atoms with Gasteiger partial charge in [0.15, 0.2) is 11.5 Å². The average molecular weight is 369 g/mol. The van der Waals surface area contributed by atoms with Gasteiger partial charge >= 0.3 is 0 Å². The number of methoxy groups -OCH3 is 2. The minimum atomic E-state index is -0.573. The highest BCUT2D eigenvalue weighted by Gasteiger charge is 2.48. The van der Waals surface area contributed by atoms with Gasteiger partial charge in [0.1, 0.15) is 5.82 Å². The predicted octanol–water partition coefficient (Wildman–Crippen LogP) is 3.85. The van der Waals surface area contributed by atoms with Crippen LogP contribution < -0.4 is 9.47 Å². The number of rotatable bonds is 4. The van der Waals surface area contributed by atoms with Gasteiger partial charge in [-0.3, -0.25) is 4.79 Å². The van der Waals surface area contributed by atoms with Crippen molar-refractivity contribution in [2.45, 2.75) is 37.6 Å². The summed E-state index contributed by atoms with van der Waals surface area (Å²) in [6.45, 7) is 1.21. The van der Waals surface area contributed by atoms with E-state index in [2.05, 4.69) is 0 Å². The molecule has 4 nitrogen and oxygen atoms in total. The Labute approximate surface area is 158 Å². The zero-order chi connectivity index (χ0) is 19.0. The SMILES string of the molecule is COc1cc2c(cc1OC)CN(C(=O)C1(c3cccc(F)c3)CCC1)CC2. The van der Waals surface area contributed by atoms with Crippen molar-refractivity contribution in [3.8, 4) is 11.5 Å². The lowest BCUT2D eigenvalue weighted by atomic mass is 9.63. The summed E-state index contributed by atoms with van der Waals surface area (Å²) in [6.07, 6.45) is 3.34. The summed E-state index contributed by atoms with van der Waals surface area (Å²) >= 11 is 0. The van der Waals surface area contributed by atoms with Crippen molar-refractivity contribution in [3.63, 3.8) is 0 Å². The van der Waals surface area contributed by atoms with Crippen LogP contribution in [0.5, 0.6) is 11.5 Å². The van der Waals surface area contributed by atoms with E-state index < -0.39 is 5.41 Å². The minimum absolute atomic E-state index is 0.111. The Morgan fingerprint density at radius 1 is 1.07 bits per heavy atom. The van der Waals surface area contributed by atoms with E-state index in [0.29, 0.717) is 24.6 Å². The van der Waals surface area contributed by atoms with E-state index in [1.807, 2.05) is 23.1 Å². The van der Waals surface area contributed by atoms with Crippen molar-refractivity contribution in [3.05, 3.63) is 58.9 Å². The van der Waals surface area contributed by atoms with Gasteiger partial charge in [0.05, 0.1) is 19.6 Å². The van der Waals surface area contributed by atoms with E-state index >= 15 is 0 Å². The number of hydrogen-bond acceptors (Lipinski definition) is 3. The molecule has 1 heterocycles. The summed E-state index contributed by atoms with van der Waals surface area (Å²) < 4.78 is 24.6. The molecule has 0 saturated heterocycles. The monoisotopic (exact) mass is 369 g/mol. The van der Waals surface area contributed by atoms with Crippen molar-refractivity contribution in [1.29, 1.82) is 0 Å². The third-order valence-electron chi connectivity index (χ3n) is 6.00. The van der Waals surface area contributed by atoms with Crippen molar-refractivity contribution in [2.24, 2.45) is 0 Å². The van der Waals surface area contributed by atoms with Crippen LogP contribution in [0.2, 0.25) is 0 Å². The Morgan fingerprint density at radius 2 is 1.78 bits per heavy atom. The lowest BCUT2D eigenvalue weighted by Crippen LogP contribution is -2.52. The summed E-state index contributed by atoms with van der Waals surface area (Å²) in [4.78, 5) is 15.4. The first-order chi connectivity index (χ1) is 13.1. The summed E-state index contributed by atoms with van der Waals surface area (Å²) in [5, 5.41) is 0. The van der Waals surface area contributed by atoms with Crippen LogP contribution in [0.15, 0.2) is 36.4 Å². The molecule has 2 aromatic carbocycles. The van der Waals surface area contributed by atoms with Gasteiger partial charge in [-0.05, 0) is 60.2 Å². The number of fused-ring (bicyclic) bond motifs is 1. The lowest BCUT2D eigenvalue weighted by molar-refractivity contribution is -0.142. The Balaban J connectivity index is 1.62. The number of benzene rings is 2. The standard InChI is InChI=1S/C22H24FNO3/c1-26-19-11-15-7-10-24(14-16(15)12-20(19)27-2)21(25)22(8-4-9-22)17-5-3-6-18(23)13-17/h3,5-6,11-13H,4,7-10,14H2,1-2H3. The molecule has 1 aliphatic heterocycles. The molecule has 0 spiro atoms. The number of ether oxygens (including phenoxy) is 2. The molecule has 1 amide bonds. The molecule has 2 aromatic rings. The molecule has 0 atom stereocenters. The number of nitrogens with zero attached hydrogens (tertiary/aromatic N) is 1. The van der Waals surface area contributed by atoms with E-state index in [0.717, 1.165) is 36.8 Å². The number of amides is 1. The summed E-state index contributed by atoms with van der Waals surface area (Å²) in [7, 11) is 3.24. The average Bonchev–Trinajstić information content (AvgIpc) is 2.65. The van der Waals surface area contributed by atoms with Gasteiger partial charge in [0, 0.05) is 13.1 Å². The van der Waals surface area contributed by atoms with Crippen molar-refractivity contribution < 1.29 is 18.7 Å². The predicted molar refractivity (Wildman–Crippen MR) is 101 cm³/mol. The lowest BCUT2D eigenvalue weighted by Gasteiger charge is -2.45. The number of hydrogen-bond donors (Lipinski definition) is 0. The van der Waals surface area contributed by atoms with E-state index in [-0.39, 0.29) is 11.7 Å². The zero-order valence-corrected chi connectivity index (χ0v) is 15.8. The molecule has 27 heavy (non-hydrogen) atoms. The van der Waals surface area contributed by atoms with Crippen LogP contribution in [-0.2, 0) is 23.2 Å². The Morgan fingerprint density at radius 3 is 2.37 bits per heavy atom. The van der Waals surface area contributed by atoms with Crippen molar-refractivity contribution >= 4 is 5.91 Å². The Bertz CT molecular complexity index is 876. The largest absolute Gasteiger partial charge is 0.493 e. The maximum absolute atomic E-state index is 13.8. The topological polar surface area (TPSA) is 38.8 Å². The molecule has 5 heteroatoms. The summed E-state index contributed by atoms with van der Waals surface area (Å²) in [5.74, 6) is 1.22. The second-order valence-electron chi connectivity index (χ2n) is 7.40. The number of carbonyl (C=O) groups excluding carboxylic acids is 1. The molecule has 1 saturated carbocycles. The van der Waals surface area contributed by atoms with Crippen LogP contribution in [0.1, 0.15) is 36.0 Å². The molecule has 1 fully saturated rings. The van der Waals surface area contributed by atoms with Gasteiger partial charge < -0.3 is 14.4 Å². The van der Waals surface area contributed by atoms with Crippen molar-refractivity contribution in [2.75, 3.05) is 20.8 Å². The molecular formula is C22H24FNO3. The smallest absolute Gasteiger partial charge is 0.233 e. The number of carbonyl (C=O) groups is 1. The second kappa shape index (κ2) is 6.87. The summed E-state index contributed by atoms with van der Waals surface area (Å²) in [6, 6.07) is 10.5. The maximum atomic E-state index is 13.8. The zero-order valence-electron chi connectivity index (χ0n) is 15.8. The van der Waals surface area contributed by atoms with E-state index in [1.54, 1.807) is 20.3 Å². The fourth-order valence-electron chi connectivity index (χ4n) is 4.30. The highest BCUT2D eigenvalue weighted by molar-refractivity contribution is 5.89. The van der Waals surface area contributed by atoms with Gasteiger partial charge in [-0.2, -0.15) is 0 Å². The molecule has 0 aromatic heterocycles. The van der Waals surface area contributed by atoms with Crippen LogP contribution in [0.25, 0.3) is 0 Å². The molecule has 2 aliphatic rings. The Hall–Kier alpha value is -2.56. The molecule has 0 unspecified atom stereocenters. The number of halogens is 1. The highest BCUT2D eigenvalue weighted by atomic mass is 19.1. The van der Waals surface area contributed by atoms with Crippen molar-refractivity contribution in [1.82, 2.24) is 4.90 Å². The molecule has 142 valence electrons. The molecule has 0 radical (unpaired) electrons. The first kappa shape index (κ1) is 17.8. The second-order valence-corrected chi connectivity index (χ2v) is 7.40. The van der Waals surface area contributed by atoms with Crippen LogP contribution in [-0.4, -0.2) is 31.6 Å². The van der Waals surface area contributed by atoms with Gasteiger partial charge in [-0.25, -0.2) is 4.39 Å². The van der Waals surface area contributed by atoms with Crippen LogP contribution >= 0.6 is 0 Å².